The smallest absolute Gasteiger partial charge is 0.134 e. The second kappa shape index (κ2) is 5.19. The second-order valence-corrected chi connectivity index (χ2v) is 5.08. The van der Waals surface area contributed by atoms with Crippen LogP contribution in [0.1, 0.15) is 12.7 Å². The van der Waals surface area contributed by atoms with Crippen molar-refractivity contribution < 1.29 is 4.74 Å². The second-order valence-electron chi connectivity index (χ2n) is 4.69. The summed E-state index contributed by atoms with van der Waals surface area (Å²) in [6.45, 7) is 6.89. The van der Waals surface area contributed by atoms with Gasteiger partial charge in [0.05, 0.1) is 6.61 Å². The Balaban J connectivity index is 2.13. The van der Waals surface area contributed by atoms with Crippen LogP contribution in [-0.4, -0.2) is 36.8 Å². The largest absolute Gasteiger partial charge is 0.384 e. The van der Waals surface area contributed by atoms with Crippen LogP contribution in [0, 0.1) is 18.8 Å². The number of nitrogens with zero attached hydrogens (tertiary/aromatic N) is 3. The van der Waals surface area contributed by atoms with Crippen LogP contribution in [0.2, 0.25) is 5.15 Å². The number of aryl methyl sites for hydroxylation is 1. The zero-order chi connectivity index (χ0) is 12.4. The molecule has 94 valence electrons. The molecule has 1 aliphatic rings. The Kier molecular flexibility index (Phi) is 3.84. The molecule has 17 heavy (non-hydrogen) atoms. The molecule has 0 N–H and O–H groups in total. The first kappa shape index (κ1) is 12.6. The van der Waals surface area contributed by atoms with E-state index in [9.17, 15) is 0 Å². The molecule has 2 heterocycles. The highest BCUT2D eigenvalue weighted by Crippen LogP contribution is 2.28. The highest BCUT2D eigenvalue weighted by molar-refractivity contribution is 6.29. The van der Waals surface area contributed by atoms with E-state index in [1.165, 1.54) is 0 Å². The number of rotatable bonds is 3. The van der Waals surface area contributed by atoms with Crippen molar-refractivity contribution in [3.63, 3.8) is 0 Å². The van der Waals surface area contributed by atoms with Gasteiger partial charge in [-0.3, -0.25) is 0 Å². The monoisotopic (exact) mass is 255 g/mol. The lowest BCUT2D eigenvalue weighted by molar-refractivity contribution is 0.144. The van der Waals surface area contributed by atoms with Gasteiger partial charge in [-0.25, -0.2) is 9.97 Å². The predicted molar refractivity (Wildman–Crippen MR) is 68.5 cm³/mol. The summed E-state index contributed by atoms with van der Waals surface area (Å²) in [6, 6.07) is 1.83. The maximum Gasteiger partial charge on any atom is 0.134 e. The Labute approximate surface area is 107 Å². The summed E-state index contributed by atoms with van der Waals surface area (Å²) >= 11 is 5.96. The molecule has 1 aromatic heterocycles. The average Bonchev–Trinajstić information content (AvgIpc) is 2.60. The van der Waals surface area contributed by atoms with Crippen LogP contribution >= 0.6 is 11.6 Å². The molecule has 1 saturated heterocycles. The fourth-order valence-corrected chi connectivity index (χ4v) is 2.55. The van der Waals surface area contributed by atoms with Crippen LogP contribution < -0.4 is 4.90 Å². The van der Waals surface area contributed by atoms with E-state index < -0.39 is 0 Å². The summed E-state index contributed by atoms with van der Waals surface area (Å²) in [5.74, 6) is 2.82. The lowest BCUT2D eigenvalue weighted by Gasteiger charge is -2.17. The molecule has 2 rings (SSSR count). The van der Waals surface area contributed by atoms with Gasteiger partial charge in [0, 0.05) is 32.2 Å². The first-order valence-electron chi connectivity index (χ1n) is 5.85. The van der Waals surface area contributed by atoms with Gasteiger partial charge >= 0.3 is 0 Å². The molecule has 0 radical (unpaired) electrons. The number of ether oxygens (including phenoxy) is 1. The normalized spacial score (nSPS) is 24.4. The number of aromatic nitrogens is 2. The lowest BCUT2D eigenvalue weighted by Crippen LogP contribution is -2.22. The first-order valence-corrected chi connectivity index (χ1v) is 6.23. The van der Waals surface area contributed by atoms with Crippen LogP contribution in [0.4, 0.5) is 5.82 Å². The SMILES string of the molecule is COC[C@@H]1CN(c2cc(Cl)nc(C)n2)C[C@H]1C. The van der Waals surface area contributed by atoms with Gasteiger partial charge in [0.2, 0.25) is 0 Å². The summed E-state index contributed by atoms with van der Waals surface area (Å²) in [6.07, 6.45) is 0. The molecular formula is C12H18ClN3O. The zero-order valence-corrected chi connectivity index (χ0v) is 11.2. The quantitative estimate of drug-likeness (QED) is 0.776. The highest BCUT2D eigenvalue weighted by Gasteiger charge is 2.30. The fourth-order valence-electron chi connectivity index (χ4n) is 2.33. The Morgan fingerprint density at radius 3 is 2.88 bits per heavy atom. The predicted octanol–water partition coefficient (Wildman–Crippen LogP) is 2.16. The van der Waals surface area contributed by atoms with Gasteiger partial charge in [-0.15, -0.1) is 0 Å². The maximum atomic E-state index is 5.96. The van der Waals surface area contributed by atoms with E-state index in [-0.39, 0.29) is 0 Å². The van der Waals surface area contributed by atoms with Gasteiger partial charge in [-0.1, -0.05) is 18.5 Å². The van der Waals surface area contributed by atoms with Gasteiger partial charge in [0.15, 0.2) is 0 Å². The van der Waals surface area contributed by atoms with E-state index in [1.807, 2.05) is 13.0 Å². The van der Waals surface area contributed by atoms with Crippen LogP contribution in [0.3, 0.4) is 0 Å². The minimum Gasteiger partial charge on any atom is -0.384 e. The summed E-state index contributed by atoms with van der Waals surface area (Å²) < 4.78 is 5.24. The van der Waals surface area contributed by atoms with E-state index in [1.54, 1.807) is 7.11 Å². The number of halogens is 1. The highest BCUT2D eigenvalue weighted by atomic mass is 35.5. The molecule has 1 aliphatic heterocycles. The van der Waals surface area contributed by atoms with Gasteiger partial charge < -0.3 is 9.64 Å². The molecule has 4 nitrogen and oxygen atoms in total. The van der Waals surface area contributed by atoms with Crippen molar-refractivity contribution in [2.75, 3.05) is 31.7 Å². The van der Waals surface area contributed by atoms with Crippen molar-refractivity contribution in [1.82, 2.24) is 9.97 Å². The van der Waals surface area contributed by atoms with E-state index >= 15 is 0 Å². The zero-order valence-electron chi connectivity index (χ0n) is 10.5. The van der Waals surface area contributed by atoms with E-state index in [0.29, 0.717) is 17.0 Å². The molecule has 0 spiro atoms. The third-order valence-electron chi connectivity index (χ3n) is 3.27. The minimum atomic E-state index is 0.510. The van der Waals surface area contributed by atoms with Crippen molar-refractivity contribution >= 4 is 17.4 Å². The number of hydrogen-bond acceptors (Lipinski definition) is 4. The third-order valence-corrected chi connectivity index (χ3v) is 3.46. The summed E-state index contributed by atoms with van der Waals surface area (Å²) in [5, 5.41) is 0.510. The van der Waals surface area contributed by atoms with Crippen molar-refractivity contribution in [2.45, 2.75) is 13.8 Å². The molecule has 1 fully saturated rings. The van der Waals surface area contributed by atoms with E-state index in [0.717, 1.165) is 31.3 Å². The summed E-state index contributed by atoms with van der Waals surface area (Å²) in [5.41, 5.74) is 0. The van der Waals surface area contributed by atoms with Gasteiger partial charge in [-0.2, -0.15) is 0 Å². The third kappa shape index (κ3) is 2.87. The number of methoxy groups -OCH3 is 1. The van der Waals surface area contributed by atoms with E-state index in [2.05, 4.69) is 21.8 Å². The number of hydrogen-bond donors (Lipinski definition) is 0. The Bertz CT molecular complexity index is 379. The van der Waals surface area contributed by atoms with Crippen molar-refractivity contribution in [3.05, 3.63) is 17.0 Å². The van der Waals surface area contributed by atoms with Gasteiger partial charge in [0.25, 0.3) is 0 Å². The maximum absolute atomic E-state index is 5.96. The molecule has 0 amide bonds. The molecule has 0 bridgehead atoms. The Morgan fingerprint density at radius 2 is 2.24 bits per heavy atom. The lowest BCUT2D eigenvalue weighted by atomic mass is 10.00. The minimum absolute atomic E-state index is 0.510. The molecule has 0 unspecified atom stereocenters. The van der Waals surface area contributed by atoms with Crippen LogP contribution in [0.25, 0.3) is 0 Å². The average molecular weight is 256 g/mol. The standard InChI is InChI=1S/C12H18ClN3O/c1-8-5-16(6-10(8)7-17-3)12-4-11(13)14-9(2)15-12/h4,8,10H,5-7H2,1-3H3/t8-,10+/m1/s1. The molecule has 5 heteroatoms. The van der Waals surface area contributed by atoms with E-state index in [4.69, 9.17) is 16.3 Å². The molecule has 2 atom stereocenters. The fraction of sp³-hybridized carbons (Fsp3) is 0.667. The van der Waals surface area contributed by atoms with Crippen LogP contribution in [-0.2, 0) is 4.74 Å². The van der Waals surface area contributed by atoms with Crippen LogP contribution in [0.5, 0.6) is 0 Å². The van der Waals surface area contributed by atoms with Crippen molar-refractivity contribution in [3.8, 4) is 0 Å². The topological polar surface area (TPSA) is 38.2 Å². The number of anilines is 1. The summed E-state index contributed by atoms with van der Waals surface area (Å²) in [7, 11) is 1.75. The van der Waals surface area contributed by atoms with Gasteiger partial charge in [-0.05, 0) is 12.8 Å². The molecule has 1 aromatic rings. The van der Waals surface area contributed by atoms with Crippen LogP contribution in [0.15, 0.2) is 6.07 Å². The van der Waals surface area contributed by atoms with Crippen molar-refractivity contribution in [1.29, 1.82) is 0 Å². The van der Waals surface area contributed by atoms with Gasteiger partial charge in [0.1, 0.15) is 16.8 Å². The Morgan fingerprint density at radius 1 is 1.47 bits per heavy atom. The summed E-state index contributed by atoms with van der Waals surface area (Å²) in [4.78, 5) is 10.8. The molecular weight excluding hydrogens is 238 g/mol. The van der Waals surface area contributed by atoms with Crippen molar-refractivity contribution in [2.24, 2.45) is 11.8 Å². The molecule has 0 aromatic carbocycles. The molecule has 0 saturated carbocycles. The Hall–Kier alpha value is -0.870. The molecule has 0 aliphatic carbocycles. The first-order chi connectivity index (χ1) is 8.10.